The molecule has 0 saturated carbocycles. The van der Waals surface area contributed by atoms with Gasteiger partial charge in [-0.2, -0.15) is 9.57 Å². The highest BCUT2D eigenvalue weighted by Crippen LogP contribution is 2.27. The van der Waals surface area contributed by atoms with Gasteiger partial charge in [0, 0.05) is 31.7 Å². The normalized spacial score (nSPS) is 15.3. The predicted octanol–water partition coefficient (Wildman–Crippen LogP) is 2.55. The largest absolute Gasteiger partial charge is 0.368 e. The van der Waals surface area contributed by atoms with E-state index in [2.05, 4.69) is 6.07 Å². The van der Waals surface area contributed by atoms with Crippen LogP contribution in [-0.4, -0.2) is 44.7 Å². The summed E-state index contributed by atoms with van der Waals surface area (Å²) in [4.78, 5) is 12.5. The number of benzene rings is 2. The molecule has 1 aliphatic rings. The Labute approximate surface area is 161 Å². The first kappa shape index (κ1) is 19.9. The number of hydrogen-bond acceptors (Lipinski definition) is 5. The minimum absolute atomic E-state index is 0.00866. The maximum absolute atomic E-state index is 13.9. The summed E-state index contributed by atoms with van der Waals surface area (Å²) >= 11 is 0. The molecule has 0 N–H and O–H groups in total. The van der Waals surface area contributed by atoms with Crippen molar-refractivity contribution in [2.45, 2.75) is 11.8 Å². The lowest BCUT2D eigenvalue weighted by molar-refractivity contribution is 0.101. The molecule has 0 aromatic heterocycles. The second-order valence-corrected chi connectivity index (χ2v) is 8.22. The summed E-state index contributed by atoms with van der Waals surface area (Å²) in [7, 11) is -4.33. The maximum atomic E-state index is 13.9. The van der Waals surface area contributed by atoms with Gasteiger partial charge in [0.15, 0.2) is 10.7 Å². The Bertz CT molecular complexity index is 1050. The van der Waals surface area contributed by atoms with E-state index in [1.807, 2.05) is 0 Å². The summed E-state index contributed by atoms with van der Waals surface area (Å²) in [5, 5.41) is 9.32. The van der Waals surface area contributed by atoms with E-state index >= 15 is 0 Å². The van der Waals surface area contributed by atoms with Crippen LogP contribution < -0.4 is 4.90 Å². The third-order valence-corrected chi connectivity index (χ3v) is 6.57. The fourth-order valence-electron chi connectivity index (χ4n) is 3.13. The quantitative estimate of drug-likeness (QED) is 0.731. The Morgan fingerprint density at radius 2 is 1.68 bits per heavy atom. The molecule has 9 heteroatoms. The van der Waals surface area contributed by atoms with Gasteiger partial charge in [0.05, 0.1) is 11.3 Å². The van der Waals surface area contributed by atoms with Gasteiger partial charge in [-0.05, 0) is 37.3 Å². The molecule has 146 valence electrons. The smallest absolute Gasteiger partial charge is 0.249 e. The summed E-state index contributed by atoms with van der Waals surface area (Å²) in [6, 6.07) is 9.67. The molecule has 28 heavy (non-hydrogen) atoms. The van der Waals surface area contributed by atoms with E-state index in [0.717, 1.165) is 22.5 Å². The Morgan fingerprint density at radius 1 is 1.07 bits per heavy atom. The van der Waals surface area contributed by atoms with Crippen LogP contribution in [0.15, 0.2) is 41.3 Å². The number of halogens is 2. The van der Waals surface area contributed by atoms with Crippen LogP contribution in [0.3, 0.4) is 0 Å². The molecule has 0 amide bonds. The third kappa shape index (κ3) is 3.61. The fraction of sp³-hybridized carbons (Fsp3) is 0.263. The number of hydrogen-bond donors (Lipinski definition) is 0. The Balaban J connectivity index is 1.85. The first-order valence-corrected chi connectivity index (χ1v) is 9.94. The molecule has 1 fully saturated rings. The lowest BCUT2D eigenvalue weighted by Gasteiger charge is -2.36. The zero-order valence-electron chi connectivity index (χ0n) is 15.0. The number of carbonyl (C=O) groups excluding carboxylic acids is 1. The van der Waals surface area contributed by atoms with Crippen LogP contribution in [0.2, 0.25) is 0 Å². The van der Waals surface area contributed by atoms with Crippen LogP contribution >= 0.6 is 0 Å². The molecule has 3 rings (SSSR count). The molecule has 1 saturated heterocycles. The van der Waals surface area contributed by atoms with Gasteiger partial charge >= 0.3 is 0 Å². The average molecular weight is 405 g/mol. The van der Waals surface area contributed by atoms with Gasteiger partial charge in [0.2, 0.25) is 10.0 Å². The van der Waals surface area contributed by atoms with Crippen molar-refractivity contribution in [2.75, 3.05) is 31.1 Å². The molecular weight excluding hydrogens is 388 g/mol. The molecular formula is C19H17F2N3O3S. The summed E-state index contributed by atoms with van der Waals surface area (Å²) in [5.74, 6) is -2.42. The van der Waals surface area contributed by atoms with Crippen molar-refractivity contribution in [1.82, 2.24) is 4.31 Å². The van der Waals surface area contributed by atoms with Crippen molar-refractivity contribution >= 4 is 21.5 Å². The van der Waals surface area contributed by atoms with Gasteiger partial charge in [0.1, 0.15) is 17.7 Å². The van der Waals surface area contributed by atoms with Crippen LogP contribution in [0.4, 0.5) is 14.5 Å². The molecule has 2 aromatic carbocycles. The van der Waals surface area contributed by atoms with Gasteiger partial charge in [0.25, 0.3) is 0 Å². The number of Topliss-reactive ketones (excluding diaryl/α,β-unsaturated/α-hetero) is 1. The highest BCUT2D eigenvalue weighted by atomic mass is 32.2. The van der Waals surface area contributed by atoms with Crippen molar-refractivity contribution < 1.29 is 22.0 Å². The van der Waals surface area contributed by atoms with E-state index in [9.17, 15) is 27.3 Å². The number of anilines is 1. The number of nitrogens with zero attached hydrogens (tertiary/aromatic N) is 3. The average Bonchev–Trinajstić information content (AvgIpc) is 2.67. The van der Waals surface area contributed by atoms with Crippen molar-refractivity contribution in [2.24, 2.45) is 0 Å². The van der Waals surface area contributed by atoms with Crippen LogP contribution in [0.1, 0.15) is 22.8 Å². The number of carbonyl (C=O) groups is 1. The number of sulfonamides is 1. The molecule has 0 spiro atoms. The van der Waals surface area contributed by atoms with Crippen molar-refractivity contribution in [3.05, 3.63) is 59.2 Å². The zero-order chi connectivity index (χ0) is 20.5. The summed E-state index contributed by atoms with van der Waals surface area (Å²) < 4.78 is 54.2. The van der Waals surface area contributed by atoms with Gasteiger partial charge in [-0.3, -0.25) is 4.79 Å². The van der Waals surface area contributed by atoms with Crippen molar-refractivity contribution in [3.8, 4) is 6.07 Å². The van der Waals surface area contributed by atoms with E-state index in [1.165, 1.54) is 6.92 Å². The number of ketones is 1. The van der Waals surface area contributed by atoms with Gasteiger partial charge in [-0.25, -0.2) is 17.2 Å². The highest BCUT2D eigenvalue weighted by molar-refractivity contribution is 7.89. The molecule has 1 heterocycles. The van der Waals surface area contributed by atoms with Crippen LogP contribution in [0, 0.1) is 23.0 Å². The standard InChI is InChI=1S/C19H17F2N3O3S/c1-13(25)14-5-6-15(12-22)18(11-14)23-7-9-24(10-8-23)28(26,27)19-16(20)3-2-4-17(19)21/h2-6,11H,7-10H2,1H3. The maximum Gasteiger partial charge on any atom is 0.249 e. The molecule has 0 aliphatic carbocycles. The van der Waals surface area contributed by atoms with Crippen LogP contribution in [0.5, 0.6) is 0 Å². The monoisotopic (exact) mass is 405 g/mol. The first-order valence-electron chi connectivity index (χ1n) is 8.50. The van der Waals surface area contributed by atoms with E-state index < -0.39 is 26.6 Å². The van der Waals surface area contributed by atoms with Gasteiger partial charge in [-0.15, -0.1) is 0 Å². The lowest BCUT2D eigenvalue weighted by atomic mass is 10.1. The van der Waals surface area contributed by atoms with Crippen molar-refractivity contribution in [3.63, 3.8) is 0 Å². The predicted molar refractivity (Wildman–Crippen MR) is 98.5 cm³/mol. The molecule has 0 bridgehead atoms. The SMILES string of the molecule is CC(=O)c1ccc(C#N)c(N2CCN(S(=O)(=O)c3c(F)cccc3F)CC2)c1. The molecule has 0 radical (unpaired) electrons. The Hall–Kier alpha value is -2.83. The van der Waals surface area contributed by atoms with Crippen LogP contribution in [0.25, 0.3) is 0 Å². The molecule has 0 unspecified atom stereocenters. The second kappa shape index (κ2) is 7.66. The van der Waals surface area contributed by atoms with Gasteiger partial charge in [-0.1, -0.05) is 6.07 Å². The molecule has 0 atom stereocenters. The Morgan fingerprint density at radius 3 is 2.21 bits per heavy atom. The van der Waals surface area contributed by atoms with E-state index in [4.69, 9.17) is 0 Å². The van der Waals surface area contributed by atoms with Gasteiger partial charge < -0.3 is 4.90 Å². The summed E-state index contributed by atoms with van der Waals surface area (Å²) in [5.41, 5.74) is 1.34. The Kier molecular flexibility index (Phi) is 5.45. The summed E-state index contributed by atoms with van der Waals surface area (Å²) in [6.07, 6.45) is 0. The topological polar surface area (TPSA) is 81.5 Å². The summed E-state index contributed by atoms with van der Waals surface area (Å²) in [6.45, 7) is 1.83. The van der Waals surface area contributed by atoms with E-state index in [1.54, 1.807) is 23.1 Å². The zero-order valence-corrected chi connectivity index (χ0v) is 15.8. The van der Waals surface area contributed by atoms with Crippen molar-refractivity contribution in [1.29, 1.82) is 5.26 Å². The lowest BCUT2D eigenvalue weighted by Crippen LogP contribution is -2.49. The highest BCUT2D eigenvalue weighted by Gasteiger charge is 2.33. The number of rotatable bonds is 4. The molecule has 2 aromatic rings. The minimum Gasteiger partial charge on any atom is -0.368 e. The number of nitriles is 1. The minimum atomic E-state index is -4.33. The first-order chi connectivity index (χ1) is 13.3. The second-order valence-electron chi connectivity index (χ2n) is 6.34. The van der Waals surface area contributed by atoms with E-state index in [0.29, 0.717) is 16.8 Å². The van der Waals surface area contributed by atoms with Crippen LogP contribution in [-0.2, 0) is 10.0 Å². The molecule has 1 aliphatic heterocycles. The fourth-order valence-corrected chi connectivity index (χ4v) is 4.67. The number of piperazine rings is 1. The molecule has 6 nitrogen and oxygen atoms in total. The van der Waals surface area contributed by atoms with E-state index in [-0.39, 0.29) is 32.0 Å². The third-order valence-electron chi connectivity index (χ3n) is 4.62.